The van der Waals surface area contributed by atoms with Crippen LogP contribution >= 0.6 is 0 Å². The number of hydrogen-bond donors (Lipinski definition) is 2. The minimum absolute atomic E-state index is 0.276. The monoisotopic (exact) mass is 408 g/mol. The second kappa shape index (κ2) is 14.4. The van der Waals surface area contributed by atoms with Gasteiger partial charge in [-0.25, -0.2) is 0 Å². The highest BCUT2D eigenvalue weighted by Crippen LogP contribution is 2.10. The average Bonchev–Trinajstić information content (AvgIpc) is 3.24. The van der Waals surface area contributed by atoms with Crippen LogP contribution in [0.15, 0.2) is 27.8 Å². The number of nitrogens with zero attached hydrogens (tertiary/aromatic N) is 2. The molecule has 0 amide bonds. The third-order valence-corrected chi connectivity index (χ3v) is 5.10. The number of morpholine rings is 1. The van der Waals surface area contributed by atoms with E-state index in [-0.39, 0.29) is 6.10 Å². The Bertz CT molecular complexity index is 542. The van der Waals surface area contributed by atoms with Gasteiger partial charge in [0.2, 0.25) is 0 Å². The third kappa shape index (κ3) is 10.1. The van der Waals surface area contributed by atoms with Gasteiger partial charge in [0.15, 0.2) is 5.96 Å². The smallest absolute Gasteiger partial charge is 0.191 e. The molecule has 2 N–H and O–H groups in total. The van der Waals surface area contributed by atoms with Crippen LogP contribution in [0.1, 0.15) is 39.4 Å². The van der Waals surface area contributed by atoms with E-state index in [4.69, 9.17) is 18.9 Å². The number of rotatable bonds is 13. The van der Waals surface area contributed by atoms with Gasteiger partial charge in [-0.3, -0.25) is 9.89 Å². The first kappa shape index (κ1) is 23.7. The van der Waals surface area contributed by atoms with Crippen molar-refractivity contribution in [2.45, 2.75) is 46.1 Å². The van der Waals surface area contributed by atoms with Crippen LogP contribution in [-0.2, 0) is 15.9 Å². The maximum Gasteiger partial charge on any atom is 0.191 e. The van der Waals surface area contributed by atoms with Crippen LogP contribution in [-0.4, -0.2) is 76.1 Å². The molecule has 2 heterocycles. The average molecular weight is 409 g/mol. The van der Waals surface area contributed by atoms with E-state index in [1.54, 1.807) is 6.26 Å². The van der Waals surface area contributed by atoms with Crippen LogP contribution in [0.3, 0.4) is 0 Å². The first-order valence-electron chi connectivity index (χ1n) is 11.1. The Morgan fingerprint density at radius 2 is 2.03 bits per heavy atom. The van der Waals surface area contributed by atoms with Gasteiger partial charge < -0.3 is 24.5 Å². The minimum Gasteiger partial charge on any atom is -0.469 e. The quantitative estimate of drug-likeness (QED) is 0.297. The van der Waals surface area contributed by atoms with Crippen molar-refractivity contribution in [1.29, 1.82) is 0 Å². The molecule has 1 aromatic rings. The molecule has 0 aromatic carbocycles. The van der Waals surface area contributed by atoms with Crippen molar-refractivity contribution in [1.82, 2.24) is 15.5 Å². The number of aliphatic imine (C=N–C) groups is 1. The van der Waals surface area contributed by atoms with Crippen LogP contribution < -0.4 is 10.6 Å². The third-order valence-electron chi connectivity index (χ3n) is 5.10. The minimum atomic E-state index is 0.276. The number of hydrogen-bond acceptors (Lipinski definition) is 5. The molecule has 1 aromatic heterocycles. The van der Waals surface area contributed by atoms with Gasteiger partial charge in [0.1, 0.15) is 5.76 Å². The van der Waals surface area contributed by atoms with Gasteiger partial charge in [-0.2, -0.15) is 0 Å². The maximum absolute atomic E-state index is 5.85. The number of furan rings is 1. The summed E-state index contributed by atoms with van der Waals surface area (Å²) < 4.78 is 16.7. The zero-order valence-corrected chi connectivity index (χ0v) is 18.5. The van der Waals surface area contributed by atoms with E-state index < -0.39 is 0 Å². The Hall–Kier alpha value is -1.57. The summed E-state index contributed by atoms with van der Waals surface area (Å²) in [6.07, 6.45) is 4.86. The van der Waals surface area contributed by atoms with E-state index in [0.29, 0.717) is 5.92 Å². The number of guanidine groups is 1. The predicted octanol–water partition coefficient (Wildman–Crippen LogP) is 2.53. The SMILES string of the molecule is CCOC(CCNC(=NCCCN1CCOCC1)NCCc1ccco1)C(C)C. The molecule has 7 heteroatoms. The fraction of sp³-hybridized carbons (Fsp3) is 0.773. The summed E-state index contributed by atoms with van der Waals surface area (Å²) in [7, 11) is 0. The highest BCUT2D eigenvalue weighted by atomic mass is 16.5. The topological polar surface area (TPSA) is 71.3 Å². The Labute approximate surface area is 176 Å². The molecule has 29 heavy (non-hydrogen) atoms. The Kier molecular flexibility index (Phi) is 11.8. The molecule has 0 radical (unpaired) electrons. The van der Waals surface area contributed by atoms with Gasteiger partial charge in [-0.1, -0.05) is 13.8 Å². The molecule has 2 rings (SSSR count). The van der Waals surface area contributed by atoms with Crippen LogP contribution in [0, 0.1) is 5.92 Å². The Balaban J connectivity index is 1.75. The first-order valence-corrected chi connectivity index (χ1v) is 11.1. The fourth-order valence-electron chi connectivity index (χ4n) is 3.40. The summed E-state index contributed by atoms with van der Waals surface area (Å²) in [5.41, 5.74) is 0. The molecule has 0 spiro atoms. The first-order chi connectivity index (χ1) is 14.2. The summed E-state index contributed by atoms with van der Waals surface area (Å²) in [4.78, 5) is 7.23. The summed E-state index contributed by atoms with van der Waals surface area (Å²) in [5.74, 6) is 2.37. The molecule has 0 saturated carbocycles. The molecule has 1 fully saturated rings. The lowest BCUT2D eigenvalue weighted by atomic mass is 10.0. The largest absolute Gasteiger partial charge is 0.469 e. The zero-order valence-electron chi connectivity index (χ0n) is 18.5. The van der Waals surface area contributed by atoms with Crippen LogP contribution in [0.5, 0.6) is 0 Å². The van der Waals surface area contributed by atoms with Crippen LogP contribution in [0.2, 0.25) is 0 Å². The molecule has 0 aliphatic carbocycles. The van der Waals surface area contributed by atoms with E-state index in [0.717, 1.165) is 90.1 Å². The lowest BCUT2D eigenvalue weighted by molar-refractivity contribution is 0.0258. The Morgan fingerprint density at radius 1 is 1.24 bits per heavy atom. The van der Waals surface area contributed by atoms with Crippen molar-refractivity contribution >= 4 is 5.96 Å². The summed E-state index contributed by atoms with van der Waals surface area (Å²) in [5, 5.41) is 6.91. The maximum atomic E-state index is 5.85. The number of nitrogens with one attached hydrogen (secondary N) is 2. The fourth-order valence-corrected chi connectivity index (χ4v) is 3.40. The molecule has 1 atom stereocenters. The molecule has 166 valence electrons. The second-order valence-corrected chi connectivity index (χ2v) is 7.75. The van der Waals surface area contributed by atoms with E-state index >= 15 is 0 Å². The predicted molar refractivity (Wildman–Crippen MR) is 117 cm³/mol. The number of ether oxygens (including phenoxy) is 2. The molecule has 1 aliphatic rings. The van der Waals surface area contributed by atoms with Gasteiger partial charge in [-0.15, -0.1) is 0 Å². The van der Waals surface area contributed by atoms with Gasteiger partial charge in [0.05, 0.1) is 25.6 Å². The molecule has 1 unspecified atom stereocenters. The Morgan fingerprint density at radius 3 is 2.72 bits per heavy atom. The standard InChI is InChI=1S/C22H40N4O3/c1-4-28-21(19(2)3)9-12-25-22(24-11-8-20-7-5-16-29-20)23-10-6-13-26-14-17-27-18-15-26/h5,7,16,19,21H,4,6,8-15,17-18H2,1-3H3,(H2,23,24,25). The molecule has 7 nitrogen and oxygen atoms in total. The lowest BCUT2D eigenvalue weighted by Crippen LogP contribution is -2.40. The van der Waals surface area contributed by atoms with Crippen LogP contribution in [0.4, 0.5) is 0 Å². The zero-order chi connectivity index (χ0) is 20.7. The van der Waals surface area contributed by atoms with Gasteiger partial charge in [0.25, 0.3) is 0 Å². The molecular weight excluding hydrogens is 368 g/mol. The van der Waals surface area contributed by atoms with Crippen molar-refractivity contribution in [3.63, 3.8) is 0 Å². The van der Waals surface area contributed by atoms with Crippen molar-refractivity contribution in [2.24, 2.45) is 10.9 Å². The molecule has 1 saturated heterocycles. The highest BCUT2D eigenvalue weighted by Gasteiger charge is 2.13. The summed E-state index contributed by atoms with van der Waals surface area (Å²) in [6.45, 7) is 14.5. The van der Waals surface area contributed by atoms with E-state index in [9.17, 15) is 0 Å². The summed E-state index contributed by atoms with van der Waals surface area (Å²) in [6, 6.07) is 3.93. The van der Waals surface area contributed by atoms with Crippen molar-refractivity contribution < 1.29 is 13.9 Å². The highest BCUT2D eigenvalue weighted by molar-refractivity contribution is 5.79. The van der Waals surface area contributed by atoms with Gasteiger partial charge in [0, 0.05) is 52.3 Å². The van der Waals surface area contributed by atoms with Crippen molar-refractivity contribution in [3.05, 3.63) is 24.2 Å². The molecular formula is C22H40N4O3. The van der Waals surface area contributed by atoms with E-state index in [1.165, 1.54) is 0 Å². The molecule has 0 bridgehead atoms. The normalized spacial score (nSPS) is 16.9. The van der Waals surface area contributed by atoms with Gasteiger partial charge >= 0.3 is 0 Å². The second-order valence-electron chi connectivity index (χ2n) is 7.75. The van der Waals surface area contributed by atoms with Crippen molar-refractivity contribution in [3.8, 4) is 0 Å². The van der Waals surface area contributed by atoms with Crippen LogP contribution in [0.25, 0.3) is 0 Å². The molecule has 1 aliphatic heterocycles. The summed E-state index contributed by atoms with van der Waals surface area (Å²) >= 11 is 0. The van der Waals surface area contributed by atoms with Gasteiger partial charge in [-0.05, 0) is 37.8 Å². The lowest BCUT2D eigenvalue weighted by Gasteiger charge is -2.26. The van der Waals surface area contributed by atoms with Crippen molar-refractivity contribution in [2.75, 3.05) is 59.1 Å². The van der Waals surface area contributed by atoms with E-state index in [2.05, 4.69) is 36.3 Å². The van der Waals surface area contributed by atoms with E-state index in [1.807, 2.05) is 12.1 Å².